The number of rotatable bonds is 5. The third-order valence-corrected chi connectivity index (χ3v) is 4.70. The van der Waals surface area contributed by atoms with Gasteiger partial charge in [-0.3, -0.25) is 9.59 Å². The number of nitrogens with zero attached hydrogens (tertiary/aromatic N) is 1. The van der Waals surface area contributed by atoms with E-state index in [1.807, 2.05) is 0 Å². The number of hydrogen-bond acceptors (Lipinski definition) is 3. The Bertz CT molecular complexity index is 552. The lowest BCUT2D eigenvalue weighted by Gasteiger charge is -2.35. The molecule has 3 N–H and O–H groups in total. The highest BCUT2D eigenvalue weighted by Crippen LogP contribution is 2.38. The minimum atomic E-state index is -0.0489. The van der Waals surface area contributed by atoms with E-state index in [0.29, 0.717) is 24.2 Å². The number of amides is 2. The largest absolute Gasteiger partial charge is 0.345 e. The second kappa shape index (κ2) is 9.04. The second-order valence-corrected chi connectivity index (χ2v) is 6.77. The van der Waals surface area contributed by atoms with Gasteiger partial charge in [0.05, 0.1) is 0 Å². The molecule has 5 nitrogen and oxygen atoms in total. The molecule has 0 radical (unpaired) electrons. The molecule has 1 aliphatic rings. The van der Waals surface area contributed by atoms with Gasteiger partial charge in [0.25, 0.3) is 5.91 Å². The van der Waals surface area contributed by atoms with Crippen LogP contribution in [0.4, 0.5) is 5.69 Å². The summed E-state index contributed by atoms with van der Waals surface area (Å²) in [7, 11) is 3.43. The van der Waals surface area contributed by atoms with Crippen LogP contribution in [0.1, 0.15) is 48.9 Å². The number of carbonyl (C=O) groups is 2. The number of halogens is 1. The quantitative estimate of drug-likeness (QED) is 0.854. The molecule has 0 saturated heterocycles. The van der Waals surface area contributed by atoms with Gasteiger partial charge in [0.2, 0.25) is 5.91 Å². The summed E-state index contributed by atoms with van der Waals surface area (Å²) in [6.45, 7) is 0.566. The number of nitrogens with two attached hydrogens (primary N) is 1. The van der Waals surface area contributed by atoms with Gasteiger partial charge in [-0.2, -0.15) is 0 Å². The van der Waals surface area contributed by atoms with Crippen molar-refractivity contribution in [3.63, 3.8) is 0 Å². The highest BCUT2D eigenvalue weighted by atomic mass is 35.5. The first-order valence-electron chi connectivity index (χ1n) is 8.27. The number of carbonyl (C=O) groups excluding carboxylic acids is 2. The van der Waals surface area contributed by atoms with Crippen LogP contribution in [0.5, 0.6) is 0 Å². The molecule has 6 heteroatoms. The van der Waals surface area contributed by atoms with Gasteiger partial charge < -0.3 is 16.0 Å². The molecule has 0 heterocycles. The number of benzene rings is 1. The maximum Gasteiger partial charge on any atom is 0.253 e. The molecule has 0 aliphatic heterocycles. The van der Waals surface area contributed by atoms with Crippen molar-refractivity contribution >= 4 is 29.9 Å². The molecule has 0 atom stereocenters. The van der Waals surface area contributed by atoms with E-state index >= 15 is 0 Å². The number of anilines is 1. The smallest absolute Gasteiger partial charge is 0.253 e. The molecule has 1 aliphatic carbocycles. The predicted octanol–water partition coefficient (Wildman–Crippen LogP) is 3.05. The first kappa shape index (κ1) is 20.5. The van der Waals surface area contributed by atoms with Crippen molar-refractivity contribution in [1.82, 2.24) is 4.90 Å². The first-order chi connectivity index (χ1) is 11.0. The zero-order valence-electron chi connectivity index (χ0n) is 14.5. The predicted molar refractivity (Wildman–Crippen MR) is 99.5 cm³/mol. The summed E-state index contributed by atoms with van der Waals surface area (Å²) in [5.41, 5.74) is 7.23. The summed E-state index contributed by atoms with van der Waals surface area (Å²) < 4.78 is 0. The highest BCUT2D eigenvalue weighted by molar-refractivity contribution is 5.95. The summed E-state index contributed by atoms with van der Waals surface area (Å²) in [5.74, 6) is -0.0452. The van der Waals surface area contributed by atoms with E-state index in [2.05, 4.69) is 5.32 Å². The van der Waals surface area contributed by atoms with E-state index in [4.69, 9.17) is 5.73 Å². The Morgan fingerprint density at radius 2 is 1.71 bits per heavy atom. The van der Waals surface area contributed by atoms with Crippen molar-refractivity contribution in [2.24, 2.45) is 11.1 Å². The van der Waals surface area contributed by atoms with Crippen LogP contribution in [0.2, 0.25) is 0 Å². The van der Waals surface area contributed by atoms with Crippen molar-refractivity contribution < 1.29 is 9.59 Å². The summed E-state index contributed by atoms with van der Waals surface area (Å²) in [6.07, 6.45) is 6.10. The molecule has 0 bridgehead atoms. The molecular formula is C18H28ClN3O2. The Morgan fingerprint density at radius 1 is 1.12 bits per heavy atom. The highest BCUT2D eigenvalue weighted by Gasteiger charge is 2.32. The van der Waals surface area contributed by atoms with Crippen molar-refractivity contribution in [3.05, 3.63) is 29.8 Å². The molecule has 0 spiro atoms. The fourth-order valence-electron chi connectivity index (χ4n) is 3.25. The van der Waals surface area contributed by atoms with Gasteiger partial charge in [0.1, 0.15) is 0 Å². The summed E-state index contributed by atoms with van der Waals surface area (Å²) >= 11 is 0. The molecule has 24 heavy (non-hydrogen) atoms. The summed E-state index contributed by atoms with van der Waals surface area (Å²) in [4.78, 5) is 25.7. The Labute approximate surface area is 150 Å². The SMILES string of the molecule is CN(C)C(=O)c1ccc(NC(=O)CC2(CN)CCCCC2)cc1.Cl. The van der Waals surface area contributed by atoms with Crippen LogP contribution in [-0.4, -0.2) is 37.4 Å². The molecule has 2 amide bonds. The lowest BCUT2D eigenvalue weighted by atomic mass is 9.71. The van der Waals surface area contributed by atoms with Crippen molar-refractivity contribution in [2.75, 3.05) is 26.0 Å². The van der Waals surface area contributed by atoms with Crippen molar-refractivity contribution in [1.29, 1.82) is 0 Å². The molecule has 1 saturated carbocycles. The zero-order chi connectivity index (χ0) is 16.9. The van der Waals surface area contributed by atoms with Crippen LogP contribution in [0.15, 0.2) is 24.3 Å². The monoisotopic (exact) mass is 353 g/mol. The zero-order valence-corrected chi connectivity index (χ0v) is 15.3. The third-order valence-electron chi connectivity index (χ3n) is 4.70. The Balaban J connectivity index is 0.00000288. The van der Waals surface area contributed by atoms with Gasteiger partial charge in [-0.25, -0.2) is 0 Å². The molecule has 134 valence electrons. The lowest BCUT2D eigenvalue weighted by Crippen LogP contribution is -2.36. The molecule has 1 fully saturated rings. The van der Waals surface area contributed by atoms with Crippen LogP contribution in [0, 0.1) is 5.41 Å². The molecule has 2 rings (SSSR count). The van der Waals surface area contributed by atoms with Gasteiger partial charge in [-0.1, -0.05) is 19.3 Å². The van der Waals surface area contributed by atoms with Crippen LogP contribution in [0.25, 0.3) is 0 Å². The van der Waals surface area contributed by atoms with E-state index in [1.54, 1.807) is 38.4 Å². The number of nitrogens with one attached hydrogen (secondary N) is 1. The van der Waals surface area contributed by atoms with E-state index in [1.165, 1.54) is 11.3 Å². The third kappa shape index (κ3) is 5.21. The van der Waals surface area contributed by atoms with Crippen molar-refractivity contribution in [3.8, 4) is 0 Å². The maximum atomic E-state index is 12.3. The van der Waals surface area contributed by atoms with Crippen LogP contribution < -0.4 is 11.1 Å². The normalized spacial score (nSPS) is 16.0. The van der Waals surface area contributed by atoms with Crippen LogP contribution in [-0.2, 0) is 4.79 Å². The molecule has 1 aromatic carbocycles. The Kier molecular flexibility index (Phi) is 7.70. The molecule has 0 aromatic heterocycles. The van der Waals surface area contributed by atoms with Gasteiger partial charge in [-0.05, 0) is 49.1 Å². The van der Waals surface area contributed by atoms with Gasteiger partial charge >= 0.3 is 0 Å². The standard InChI is InChI=1S/C18H27N3O2.ClH/c1-21(2)17(23)14-6-8-15(9-7-14)20-16(22)12-18(13-19)10-4-3-5-11-18;/h6-9H,3-5,10-13,19H2,1-2H3,(H,20,22);1H. The summed E-state index contributed by atoms with van der Waals surface area (Å²) in [6, 6.07) is 7.00. The fraction of sp³-hybridized carbons (Fsp3) is 0.556. The van der Waals surface area contributed by atoms with E-state index in [-0.39, 0.29) is 29.6 Å². The van der Waals surface area contributed by atoms with E-state index in [9.17, 15) is 9.59 Å². The maximum absolute atomic E-state index is 12.3. The molecule has 1 aromatic rings. The lowest BCUT2D eigenvalue weighted by molar-refractivity contribution is -0.118. The minimum absolute atomic E-state index is 0. The Hall–Kier alpha value is -1.59. The number of hydrogen-bond donors (Lipinski definition) is 2. The molecular weight excluding hydrogens is 326 g/mol. The van der Waals surface area contributed by atoms with Crippen molar-refractivity contribution in [2.45, 2.75) is 38.5 Å². The average molecular weight is 354 g/mol. The molecule has 0 unspecified atom stereocenters. The Morgan fingerprint density at radius 3 is 2.21 bits per heavy atom. The van der Waals surface area contributed by atoms with Gasteiger partial charge in [-0.15, -0.1) is 12.4 Å². The van der Waals surface area contributed by atoms with Crippen LogP contribution in [0.3, 0.4) is 0 Å². The van der Waals surface area contributed by atoms with Crippen LogP contribution >= 0.6 is 12.4 Å². The average Bonchev–Trinajstić information content (AvgIpc) is 2.55. The fourth-order valence-corrected chi connectivity index (χ4v) is 3.25. The minimum Gasteiger partial charge on any atom is -0.345 e. The topological polar surface area (TPSA) is 75.4 Å². The van der Waals surface area contributed by atoms with E-state index in [0.717, 1.165) is 25.7 Å². The van der Waals surface area contributed by atoms with Gasteiger partial charge in [0.15, 0.2) is 0 Å². The van der Waals surface area contributed by atoms with E-state index < -0.39 is 0 Å². The summed E-state index contributed by atoms with van der Waals surface area (Å²) in [5, 5.41) is 2.92. The van der Waals surface area contributed by atoms with Gasteiger partial charge in [0, 0.05) is 31.8 Å². The first-order valence-corrected chi connectivity index (χ1v) is 8.27. The second-order valence-electron chi connectivity index (χ2n) is 6.77.